The zero-order chi connectivity index (χ0) is 27.7. The number of ether oxygens (including phenoxy) is 2. The highest BCUT2D eigenvalue weighted by molar-refractivity contribution is 7.91. The van der Waals surface area contributed by atoms with Crippen molar-refractivity contribution in [3.05, 3.63) is 53.3 Å². The number of aliphatic hydroxyl groups is 1. The molecular formula is C24H26FN7O5S2. The first kappa shape index (κ1) is 26.9. The number of aryl methyl sites for hydroxylation is 1. The van der Waals surface area contributed by atoms with Crippen molar-refractivity contribution in [1.29, 1.82) is 0 Å². The second-order valence-electron chi connectivity index (χ2n) is 9.01. The van der Waals surface area contributed by atoms with Crippen LogP contribution in [0.3, 0.4) is 0 Å². The van der Waals surface area contributed by atoms with Crippen molar-refractivity contribution >= 4 is 27.1 Å². The van der Waals surface area contributed by atoms with Crippen molar-refractivity contribution in [2.24, 2.45) is 0 Å². The number of piperidine rings is 1. The number of halogens is 1. The standard InChI is InChI=1S/C24H26FN7O5S2/c1-14-12-38-23(28-14)22-30-29-20(32(22)21-18(36-2)5-4-6-19(21)37-3)13-39(34,35)17-7-16(33)10-31(11-17)24-26-8-15(25)9-27-24/h4-6,8-9,12,16-17,33H,7,10-11,13H2,1-3H3/t16-,17-/m1/s1. The molecule has 3 aromatic heterocycles. The van der Waals surface area contributed by atoms with E-state index in [4.69, 9.17) is 9.47 Å². The molecule has 206 valence electrons. The number of aliphatic hydroxyl groups excluding tert-OH is 1. The van der Waals surface area contributed by atoms with Crippen molar-refractivity contribution in [2.45, 2.75) is 30.5 Å². The second-order valence-corrected chi connectivity index (χ2v) is 12.1. The van der Waals surface area contributed by atoms with E-state index in [9.17, 15) is 17.9 Å². The van der Waals surface area contributed by atoms with E-state index in [0.717, 1.165) is 18.1 Å². The number of thiazole rings is 1. The van der Waals surface area contributed by atoms with Crippen LogP contribution >= 0.6 is 11.3 Å². The highest BCUT2D eigenvalue weighted by Crippen LogP contribution is 2.37. The average Bonchev–Trinajstić information content (AvgIpc) is 3.53. The normalized spacial score (nSPS) is 17.8. The van der Waals surface area contributed by atoms with Gasteiger partial charge in [-0.05, 0) is 25.5 Å². The first-order chi connectivity index (χ1) is 18.7. The zero-order valence-corrected chi connectivity index (χ0v) is 23.0. The fraction of sp³-hybridized carbons (Fsp3) is 0.375. The number of hydrogen-bond donors (Lipinski definition) is 1. The number of benzene rings is 1. The molecule has 39 heavy (non-hydrogen) atoms. The first-order valence-corrected chi connectivity index (χ1v) is 14.5. The fourth-order valence-corrected chi connectivity index (χ4v) is 6.98. The number of hydrogen-bond acceptors (Lipinski definition) is 12. The lowest BCUT2D eigenvalue weighted by molar-refractivity contribution is 0.154. The molecule has 15 heteroatoms. The van der Waals surface area contributed by atoms with Crippen LogP contribution in [0.4, 0.5) is 10.3 Å². The molecule has 1 N–H and O–H groups in total. The van der Waals surface area contributed by atoms with Crippen molar-refractivity contribution in [3.8, 4) is 28.0 Å². The third-order valence-electron chi connectivity index (χ3n) is 6.28. The van der Waals surface area contributed by atoms with Crippen molar-refractivity contribution < 1.29 is 27.4 Å². The maximum atomic E-state index is 13.8. The van der Waals surface area contributed by atoms with Crippen LogP contribution < -0.4 is 14.4 Å². The van der Waals surface area contributed by atoms with Gasteiger partial charge < -0.3 is 19.5 Å². The maximum absolute atomic E-state index is 13.8. The molecule has 1 saturated heterocycles. The number of nitrogens with zero attached hydrogens (tertiary/aromatic N) is 7. The van der Waals surface area contributed by atoms with Gasteiger partial charge in [-0.1, -0.05) is 6.07 Å². The molecule has 0 radical (unpaired) electrons. The van der Waals surface area contributed by atoms with E-state index in [1.54, 1.807) is 22.8 Å². The topological polar surface area (TPSA) is 145 Å². The molecule has 4 heterocycles. The monoisotopic (exact) mass is 575 g/mol. The van der Waals surface area contributed by atoms with E-state index in [2.05, 4.69) is 25.1 Å². The minimum absolute atomic E-state index is 0.0185. The third kappa shape index (κ3) is 5.42. The van der Waals surface area contributed by atoms with Crippen LogP contribution in [-0.2, 0) is 15.6 Å². The molecule has 12 nitrogen and oxygen atoms in total. The Morgan fingerprint density at radius 1 is 1.13 bits per heavy atom. The van der Waals surface area contributed by atoms with Gasteiger partial charge in [-0.3, -0.25) is 4.57 Å². The Hall–Kier alpha value is -3.69. The number of aromatic nitrogens is 6. The summed E-state index contributed by atoms with van der Waals surface area (Å²) < 4.78 is 53.7. The van der Waals surface area contributed by atoms with Gasteiger partial charge in [0.05, 0.1) is 38.0 Å². The van der Waals surface area contributed by atoms with Crippen LogP contribution in [0.5, 0.6) is 11.5 Å². The molecule has 4 aromatic rings. The van der Waals surface area contributed by atoms with E-state index in [0.29, 0.717) is 28.0 Å². The van der Waals surface area contributed by atoms with Gasteiger partial charge >= 0.3 is 0 Å². The quantitative estimate of drug-likeness (QED) is 0.330. The Labute approximate surface area is 228 Å². The lowest BCUT2D eigenvalue weighted by Crippen LogP contribution is -2.49. The summed E-state index contributed by atoms with van der Waals surface area (Å²) in [6.45, 7) is 2.00. The van der Waals surface area contributed by atoms with Gasteiger partial charge in [-0.2, -0.15) is 0 Å². The summed E-state index contributed by atoms with van der Waals surface area (Å²) in [6.07, 6.45) is 1.06. The Bertz CT molecular complexity index is 1550. The summed E-state index contributed by atoms with van der Waals surface area (Å²) in [4.78, 5) is 13.9. The number of sulfone groups is 1. The molecule has 0 saturated carbocycles. The van der Waals surface area contributed by atoms with Gasteiger partial charge in [0.25, 0.3) is 0 Å². The molecule has 1 aliphatic heterocycles. The predicted molar refractivity (Wildman–Crippen MR) is 142 cm³/mol. The predicted octanol–water partition coefficient (Wildman–Crippen LogP) is 2.20. The summed E-state index contributed by atoms with van der Waals surface area (Å²) in [5.74, 6) is 0.360. The van der Waals surface area contributed by atoms with Gasteiger partial charge in [0.15, 0.2) is 32.3 Å². The highest BCUT2D eigenvalue weighted by atomic mass is 32.2. The lowest BCUT2D eigenvalue weighted by atomic mass is 10.1. The molecule has 0 unspecified atom stereocenters. The van der Waals surface area contributed by atoms with E-state index in [1.165, 1.54) is 30.5 Å². The van der Waals surface area contributed by atoms with Crippen molar-refractivity contribution in [1.82, 2.24) is 29.7 Å². The van der Waals surface area contributed by atoms with Crippen molar-refractivity contribution in [2.75, 3.05) is 32.2 Å². The summed E-state index contributed by atoms with van der Waals surface area (Å²) >= 11 is 1.35. The minimum Gasteiger partial charge on any atom is -0.494 e. The molecule has 0 aliphatic carbocycles. The molecule has 0 spiro atoms. The van der Waals surface area contributed by atoms with Gasteiger partial charge in [0.1, 0.15) is 22.9 Å². The van der Waals surface area contributed by atoms with E-state index in [1.807, 2.05) is 12.3 Å². The molecule has 1 fully saturated rings. The highest BCUT2D eigenvalue weighted by Gasteiger charge is 2.37. The SMILES string of the molecule is COc1cccc(OC)c1-n1c(CS(=O)(=O)[C@@H]2C[C@@H](O)CN(c3ncc(F)cn3)C2)nnc1-c1nc(C)cs1. The molecule has 0 bridgehead atoms. The third-order valence-corrected chi connectivity index (χ3v) is 9.26. The molecule has 5 rings (SSSR count). The smallest absolute Gasteiger partial charge is 0.225 e. The number of anilines is 1. The maximum Gasteiger partial charge on any atom is 0.225 e. The second kappa shape index (κ2) is 10.8. The van der Waals surface area contributed by atoms with E-state index >= 15 is 0 Å². The summed E-state index contributed by atoms with van der Waals surface area (Å²) in [7, 11) is -0.901. The minimum atomic E-state index is -3.90. The Morgan fingerprint density at radius 2 is 1.82 bits per heavy atom. The van der Waals surface area contributed by atoms with Crippen LogP contribution in [0, 0.1) is 12.7 Å². The Balaban J connectivity index is 1.55. The van der Waals surface area contributed by atoms with E-state index < -0.39 is 32.8 Å². The first-order valence-electron chi connectivity index (χ1n) is 11.9. The average molecular weight is 576 g/mol. The van der Waals surface area contributed by atoms with Gasteiger partial charge in [-0.25, -0.2) is 27.8 Å². The van der Waals surface area contributed by atoms with Gasteiger partial charge in [0.2, 0.25) is 5.95 Å². The van der Waals surface area contributed by atoms with Crippen LogP contribution in [0.2, 0.25) is 0 Å². The molecule has 1 aromatic carbocycles. The largest absolute Gasteiger partial charge is 0.494 e. The molecule has 0 amide bonds. The van der Waals surface area contributed by atoms with Gasteiger partial charge in [0, 0.05) is 24.2 Å². The number of β-amino-alcohol motifs (C(OH)–C–C–N with tert-alkyl or cyclic N) is 1. The number of para-hydroxylation sites is 1. The van der Waals surface area contributed by atoms with Crippen molar-refractivity contribution in [3.63, 3.8) is 0 Å². The lowest BCUT2D eigenvalue weighted by Gasteiger charge is -2.35. The molecule has 1 aliphatic rings. The summed E-state index contributed by atoms with van der Waals surface area (Å²) in [6, 6.07) is 5.21. The zero-order valence-electron chi connectivity index (χ0n) is 21.4. The summed E-state index contributed by atoms with van der Waals surface area (Å²) in [5, 5.41) is 20.5. The Kier molecular flexibility index (Phi) is 7.46. The van der Waals surface area contributed by atoms with Crippen LogP contribution in [0.15, 0.2) is 36.0 Å². The van der Waals surface area contributed by atoms with Crippen LogP contribution in [-0.4, -0.2) is 81.9 Å². The summed E-state index contributed by atoms with van der Waals surface area (Å²) in [5.41, 5.74) is 1.22. The molecular weight excluding hydrogens is 549 g/mol. The van der Waals surface area contributed by atoms with Crippen LogP contribution in [0.25, 0.3) is 16.5 Å². The van der Waals surface area contributed by atoms with Crippen LogP contribution in [0.1, 0.15) is 17.9 Å². The van der Waals surface area contributed by atoms with E-state index in [-0.39, 0.29) is 31.3 Å². The van der Waals surface area contributed by atoms with Gasteiger partial charge in [-0.15, -0.1) is 21.5 Å². The number of methoxy groups -OCH3 is 2. The molecule has 2 atom stereocenters. The number of rotatable bonds is 8. The Morgan fingerprint density at radius 3 is 2.44 bits per heavy atom. The fourth-order valence-electron chi connectivity index (χ4n) is 4.51.